The molecule has 3 rings (SSSR count). The number of hydroxylamine groups is 1. The summed E-state index contributed by atoms with van der Waals surface area (Å²) in [5.74, 6) is -1.69. The Hall–Kier alpha value is -2.65. The van der Waals surface area contributed by atoms with Gasteiger partial charge in [0.15, 0.2) is 6.04 Å². The van der Waals surface area contributed by atoms with Gasteiger partial charge in [0.2, 0.25) is 0 Å². The Balaban J connectivity index is 1.97. The summed E-state index contributed by atoms with van der Waals surface area (Å²) in [5, 5.41) is 19.6. The second kappa shape index (κ2) is 6.01. The lowest BCUT2D eigenvalue weighted by Gasteiger charge is -2.21. The molecular formula is C16H15FN2O5S. The SMILES string of the molecule is CN(c1ccc(F)cc1)S(=O)(=O)c1ccc2c(c1)N(O)C(C(=O)O)C2. The molecule has 7 nitrogen and oxygen atoms in total. The standard InChI is InChI=1S/C16H15FN2O5S/c1-18(12-5-3-11(17)4-6-12)25(23,24)13-7-2-10-8-15(16(20)21)19(22)14(10)9-13/h2-7,9,15,22H,8H2,1H3,(H,20,21). The van der Waals surface area contributed by atoms with Crippen LogP contribution in [0.4, 0.5) is 15.8 Å². The van der Waals surface area contributed by atoms with Crippen molar-refractivity contribution in [2.24, 2.45) is 0 Å². The Kier molecular flexibility index (Phi) is 4.13. The van der Waals surface area contributed by atoms with Crippen LogP contribution in [0, 0.1) is 5.82 Å². The lowest BCUT2D eigenvalue weighted by atomic mass is 10.1. The zero-order chi connectivity index (χ0) is 18.4. The van der Waals surface area contributed by atoms with Gasteiger partial charge >= 0.3 is 5.97 Å². The Morgan fingerprint density at radius 2 is 1.88 bits per heavy atom. The number of benzene rings is 2. The Morgan fingerprint density at radius 1 is 1.24 bits per heavy atom. The van der Waals surface area contributed by atoms with Gasteiger partial charge in [0.1, 0.15) is 5.82 Å². The van der Waals surface area contributed by atoms with Crippen LogP contribution in [-0.2, 0) is 21.2 Å². The molecule has 2 N–H and O–H groups in total. The molecule has 0 fully saturated rings. The molecule has 0 spiro atoms. The third kappa shape index (κ3) is 2.92. The third-order valence-corrected chi connectivity index (χ3v) is 5.93. The van der Waals surface area contributed by atoms with Crippen molar-refractivity contribution in [2.45, 2.75) is 17.4 Å². The van der Waals surface area contributed by atoms with E-state index in [0.29, 0.717) is 10.6 Å². The van der Waals surface area contributed by atoms with Crippen LogP contribution in [0.1, 0.15) is 5.56 Å². The number of nitrogens with zero attached hydrogens (tertiary/aromatic N) is 2. The molecule has 0 amide bonds. The number of rotatable bonds is 4. The van der Waals surface area contributed by atoms with E-state index < -0.39 is 27.9 Å². The number of aliphatic carboxylic acids is 1. The summed E-state index contributed by atoms with van der Waals surface area (Å²) in [4.78, 5) is 11.0. The first-order valence-electron chi connectivity index (χ1n) is 7.30. The predicted molar refractivity (Wildman–Crippen MR) is 87.8 cm³/mol. The molecule has 0 bridgehead atoms. The number of hydrogen-bond donors (Lipinski definition) is 2. The first kappa shape index (κ1) is 17.2. The van der Waals surface area contributed by atoms with Crippen molar-refractivity contribution in [1.82, 2.24) is 0 Å². The van der Waals surface area contributed by atoms with Gasteiger partial charge in [0.05, 0.1) is 16.3 Å². The van der Waals surface area contributed by atoms with E-state index >= 15 is 0 Å². The molecule has 1 heterocycles. The second-order valence-corrected chi connectivity index (χ2v) is 7.61. The first-order chi connectivity index (χ1) is 11.7. The molecule has 1 atom stereocenters. The van der Waals surface area contributed by atoms with Crippen molar-refractivity contribution in [3.05, 3.63) is 53.8 Å². The predicted octanol–water partition coefficient (Wildman–Crippen LogP) is 1.86. The van der Waals surface area contributed by atoms with Gasteiger partial charge in [-0.05, 0) is 42.0 Å². The van der Waals surface area contributed by atoms with Gasteiger partial charge < -0.3 is 5.11 Å². The van der Waals surface area contributed by atoms with E-state index in [9.17, 15) is 22.8 Å². The van der Waals surface area contributed by atoms with Crippen molar-refractivity contribution in [3.8, 4) is 0 Å². The number of hydrogen-bond acceptors (Lipinski definition) is 5. The van der Waals surface area contributed by atoms with Crippen molar-refractivity contribution >= 4 is 27.4 Å². The summed E-state index contributed by atoms with van der Waals surface area (Å²) in [6.45, 7) is 0. The first-order valence-corrected chi connectivity index (χ1v) is 8.74. The molecule has 0 aromatic heterocycles. The lowest BCUT2D eigenvalue weighted by Crippen LogP contribution is -2.36. The number of carboxylic acids is 1. The summed E-state index contributed by atoms with van der Waals surface area (Å²) in [6.07, 6.45) is 0.0787. The molecule has 0 radical (unpaired) electrons. The van der Waals surface area contributed by atoms with Crippen LogP contribution in [0.3, 0.4) is 0 Å². The molecule has 0 saturated heterocycles. The molecule has 1 unspecified atom stereocenters. The maximum atomic E-state index is 13.0. The summed E-state index contributed by atoms with van der Waals surface area (Å²) in [7, 11) is -2.64. The zero-order valence-corrected chi connectivity index (χ0v) is 13.9. The van der Waals surface area contributed by atoms with Crippen LogP contribution in [-0.4, -0.2) is 37.8 Å². The highest BCUT2D eigenvalue weighted by molar-refractivity contribution is 7.92. The number of carboxylic acid groups (broad SMARTS) is 1. The van der Waals surface area contributed by atoms with E-state index in [2.05, 4.69) is 0 Å². The second-order valence-electron chi connectivity index (χ2n) is 5.64. The van der Waals surface area contributed by atoms with Crippen molar-refractivity contribution in [1.29, 1.82) is 0 Å². The molecule has 0 aliphatic carbocycles. The largest absolute Gasteiger partial charge is 0.480 e. The van der Waals surface area contributed by atoms with Crippen LogP contribution in [0.25, 0.3) is 0 Å². The molecule has 1 aliphatic heterocycles. The smallest absolute Gasteiger partial charge is 0.329 e. The highest BCUT2D eigenvalue weighted by Gasteiger charge is 2.35. The van der Waals surface area contributed by atoms with Crippen LogP contribution in [0.5, 0.6) is 0 Å². The van der Waals surface area contributed by atoms with E-state index in [1.807, 2.05) is 0 Å². The third-order valence-electron chi connectivity index (χ3n) is 4.15. The molecular weight excluding hydrogens is 351 g/mol. The monoisotopic (exact) mass is 366 g/mol. The number of sulfonamides is 1. The lowest BCUT2D eigenvalue weighted by molar-refractivity contribution is -0.139. The highest BCUT2D eigenvalue weighted by atomic mass is 32.2. The van der Waals surface area contributed by atoms with Crippen LogP contribution >= 0.6 is 0 Å². The number of fused-ring (bicyclic) bond motifs is 1. The summed E-state index contributed by atoms with van der Waals surface area (Å²) >= 11 is 0. The minimum Gasteiger partial charge on any atom is -0.480 e. The van der Waals surface area contributed by atoms with E-state index in [-0.39, 0.29) is 22.7 Å². The van der Waals surface area contributed by atoms with Gasteiger partial charge in [-0.3, -0.25) is 9.51 Å². The minimum atomic E-state index is -3.96. The highest BCUT2D eigenvalue weighted by Crippen LogP contribution is 2.34. The van der Waals surface area contributed by atoms with Gasteiger partial charge in [-0.1, -0.05) is 6.07 Å². The van der Waals surface area contributed by atoms with E-state index in [1.165, 1.54) is 37.4 Å². The van der Waals surface area contributed by atoms with E-state index in [1.54, 1.807) is 0 Å². The van der Waals surface area contributed by atoms with Crippen molar-refractivity contribution in [2.75, 3.05) is 16.4 Å². The van der Waals surface area contributed by atoms with E-state index in [4.69, 9.17) is 5.11 Å². The van der Waals surface area contributed by atoms with Gasteiger partial charge in [-0.25, -0.2) is 22.7 Å². The van der Waals surface area contributed by atoms with Crippen molar-refractivity contribution < 1.29 is 27.9 Å². The molecule has 132 valence electrons. The number of anilines is 2. The van der Waals surface area contributed by atoms with Crippen LogP contribution in [0.15, 0.2) is 47.4 Å². The fraction of sp³-hybridized carbons (Fsp3) is 0.188. The van der Waals surface area contributed by atoms with Crippen LogP contribution < -0.4 is 9.37 Å². The molecule has 2 aromatic carbocycles. The van der Waals surface area contributed by atoms with Gasteiger partial charge in [0, 0.05) is 13.5 Å². The molecule has 2 aromatic rings. The summed E-state index contributed by atoms with van der Waals surface area (Å²) in [6, 6.07) is 7.88. The maximum absolute atomic E-state index is 13.0. The molecule has 9 heteroatoms. The molecule has 1 aliphatic rings. The van der Waals surface area contributed by atoms with Crippen LogP contribution in [0.2, 0.25) is 0 Å². The van der Waals surface area contributed by atoms with E-state index in [0.717, 1.165) is 16.4 Å². The fourth-order valence-corrected chi connectivity index (χ4v) is 3.91. The zero-order valence-electron chi connectivity index (χ0n) is 13.1. The van der Waals surface area contributed by atoms with Crippen molar-refractivity contribution in [3.63, 3.8) is 0 Å². The number of halogens is 1. The van der Waals surface area contributed by atoms with Gasteiger partial charge in [-0.2, -0.15) is 0 Å². The summed E-state index contributed by atoms with van der Waals surface area (Å²) < 4.78 is 39.5. The number of carbonyl (C=O) groups is 1. The van der Waals surface area contributed by atoms with Gasteiger partial charge in [0.25, 0.3) is 10.0 Å². The summed E-state index contributed by atoms with van der Waals surface area (Å²) in [5.41, 5.74) is 0.949. The Labute approximate surface area is 143 Å². The average molecular weight is 366 g/mol. The molecule has 25 heavy (non-hydrogen) atoms. The van der Waals surface area contributed by atoms with Gasteiger partial charge in [-0.15, -0.1) is 0 Å². The average Bonchev–Trinajstić information content (AvgIpc) is 2.91. The Morgan fingerprint density at radius 3 is 2.48 bits per heavy atom. The fourth-order valence-electron chi connectivity index (χ4n) is 2.69. The normalized spacial score (nSPS) is 16.6. The topological polar surface area (TPSA) is 98.2 Å². The molecule has 0 saturated carbocycles. The maximum Gasteiger partial charge on any atom is 0.329 e. The Bertz CT molecular complexity index is 930. The quantitative estimate of drug-likeness (QED) is 0.857. The minimum absolute atomic E-state index is 0.0787.